The number of benzene rings is 1. The first-order valence-corrected chi connectivity index (χ1v) is 8.13. The van der Waals surface area contributed by atoms with Gasteiger partial charge in [0.25, 0.3) is 0 Å². The van der Waals surface area contributed by atoms with E-state index in [-0.39, 0.29) is 0 Å². The summed E-state index contributed by atoms with van der Waals surface area (Å²) < 4.78 is 16.6. The van der Waals surface area contributed by atoms with Crippen LogP contribution in [0.15, 0.2) is 65.5 Å². The standard InChI is InChI=1S/C20H22N2O3/c1-23-19-8-3-9-20(24-2)18(19)15-22(14-17-7-5-11-25-17)13-16-6-4-10-21-12-16/h3-12H,13-15H2,1-2H3. The van der Waals surface area contributed by atoms with Gasteiger partial charge in [-0.15, -0.1) is 0 Å². The summed E-state index contributed by atoms with van der Waals surface area (Å²) in [4.78, 5) is 6.48. The molecule has 0 aliphatic carbocycles. The fraction of sp³-hybridized carbons (Fsp3) is 0.250. The maximum absolute atomic E-state index is 5.53. The minimum Gasteiger partial charge on any atom is -0.496 e. The van der Waals surface area contributed by atoms with Crippen molar-refractivity contribution in [2.24, 2.45) is 0 Å². The van der Waals surface area contributed by atoms with Crippen molar-refractivity contribution in [1.82, 2.24) is 9.88 Å². The van der Waals surface area contributed by atoms with Crippen molar-refractivity contribution < 1.29 is 13.9 Å². The Morgan fingerprint density at radius 3 is 2.32 bits per heavy atom. The molecule has 0 bridgehead atoms. The molecule has 2 aromatic heterocycles. The SMILES string of the molecule is COc1cccc(OC)c1CN(Cc1cccnc1)Cc1ccco1. The first kappa shape index (κ1) is 17.0. The van der Waals surface area contributed by atoms with Gasteiger partial charge in [0.15, 0.2) is 0 Å². The highest BCUT2D eigenvalue weighted by Crippen LogP contribution is 2.30. The third-order valence-electron chi connectivity index (χ3n) is 4.00. The molecule has 2 heterocycles. The summed E-state index contributed by atoms with van der Waals surface area (Å²) >= 11 is 0. The lowest BCUT2D eigenvalue weighted by Gasteiger charge is -2.23. The highest BCUT2D eigenvalue weighted by Gasteiger charge is 2.16. The van der Waals surface area contributed by atoms with Gasteiger partial charge in [0.05, 0.1) is 32.6 Å². The van der Waals surface area contributed by atoms with E-state index in [2.05, 4.69) is 16.0 Å². The van der Waals surface area contributed by atoms with Gasteiger partial charge >= 0.3 is 0 Å². The topological polar surface area (TPSA) is 47.7 Å². The molecule has 3 aromatic rings. The summed E-state index contributed by atoms with van der Waals surface area (Å²) in [5.74, 6) is 2.54. The summed E-state index contributed by atoms with van der Waals surface area (Å²) in [7, 11) is 3.35. The van der Waals surface area contributed by atoms with Gasteiger partial charge in [-0.25, -0.2) is 0 Å². The molecule has 0 spiro atoms. The molecule has 130 valence electrons. The van der Waals surface area contributed by atoms with Crippen LogP contribution in [0.25, 0.3) is 0 Å². The van der Waals surface area contributed by atoms with Crippen molar-refractivity contribution in [2.45, 2.75) is 19.6 Å². The number of hydrogen-bond donors (Lipinski definition) is 0. The van der Waals surface area contributed by atoms with Crippen LogP contribution in [0, 0.1) is 0 Å². The third kappa shape index (κ3) is 4.39. The van der Waals surface area contributed by atoms with Crippen molar-refractivity contribution >= 4 is 0 Å². The van der Waals surface area contributed by atoms with Crippen molar-refractivity contribution in [3.05, 3.63) is 78.0 Å². The van der Waals surface area contributed by atoms with Gasteiger partial charge in [-0.05, 0) is 35.9 Å². The minimum atomic E-state index is 0.669. The quantitative estimate of drug-likeness (QED) is 0.623. The largest absolute Gasteiger partial charge is 0.496 e. The normalized spacial score (nSPS) is 10.8. The zero-order valence-electron chi connectivity index (χ0n) is 14.5. The second kappa shape index (κ2) is 8.35. The summed E-state index contributed by atoms with van der Waals surface area (Å²) in [5, 5.41) is 0. The van der Waals surface area contributed by atoms with E-state index >= 15 is 0 Å². The molecule has 0 atom stereocenters. The molecule has 5 heteroatoms. The van der Waals surface area contributed by atoms with Crippen LogP contribution in [0.5, 0.6) is 11.5 Å². The van der Waals surface area contributed by atoms with Crippen LogP contribution in [0.1, 0.15) is 16.9 Å². The van der Waals surface area contributed by atoms with Gasteiger partial charge in [-0.3, -0.25) is 9.88 Å². The molecular formula is C20H22N2O3. The van der Waals surface area contributed by atoms with Crippen LogP contribution in [-0.2, 0) is 19.6 Å². The van der Waals surface area contributed by atoms with Crippen LogP contribution in [0.3, 0.4) is 0 Å². The number of nitrogens with zero attached hydrogens (tertiary/aromatic N) is 2. The Morgan fingerprint density at radius 2 is 1.72 bits per heavy atom. The maximum Gasteiger partial charge on any atom is 0.127 e. The first-order valence-electron chi connectivity index (χ1n) is 8.13. The van der Waals surface area contributed by atoms with Gasteiger partial charge in [-0.2, -0.15) is 0 Å². The number of rotatable bonds is 8. The monoisotopic (exact) mass is 338 g/mol. The van der Waals surface area contributed by atoms with Crippen LogP contribution < -0.4 is 9.47 Å². The number of pyridine rings is 1. The van der Waals surface area contributed by atoms with Crippen molar-refractivity contribution in [3.8, 4) is 11.5 Å². The molecule has 0 amide bonds. The first-order chi connectivity index (χ1) is 12.3. The lowest BCUT2D eigenvalue weighted by atomic mass is 10.1. The molecule has 3 rings (SSSR count). The van der Waals surface area contributed by atoms with E-state index in [1.54, 1.807) is 26.7 Å². The summed E-state index contributed by atoms with van der Waals surface area (Å²) in [6.07, 6.45) is 5.36. The second-order valence-corrected chi connectivity index (χ2v) is 5.73. The van der Waals surface area contributed by atoms with Crippen molar-refractivity contribution in [1.29, 1.82) is 0 Å². The molecule has 0 saturated heterocycles. The number of hydrogen-bond acceptors (Lipinski definition) is 5. The average Bonchev–Trinajstić information content (AvgIpc) is 3.15. The van der Waals surface area contributed by atoms with E-state index in [0.29, 0.717) is 13.1 Å². The fourth-order valence-electron chi connectivity index (χ4n) is 2.85. The van der Waals surface area contributed by atoms with E-state index in [0.717, 1.165) is 34.9 Å². The summed E-state index contributed by atoms with van der Waals surface area (Å²) in [6, 6.07) is 13.7. The lowest BCUT2D eigenvalue weighted by Crippen LogP contribution is -2.23. The van der Waals surface area contributed by atoms with Gasteiger partial charge in [0, 0.05) is 25.5 Å². The molecule has 5 nitrogen and oxygen atoms in total. The lowest BCUT2D eigenvalue weighted by molar-refractivity contribution is 0.220. The Kier molecular flexibility index (Phi) is 5.69. The van der Waals surface area contributed by atoms with Crippen LogP contribution in [0.2, 0.25) is 0 Å². The van der Waals surface area contributed by atoms with Gasteiger partial charge in [0.2, 0.25) is 0 Å². The van der Waals surface area contributed by atoms with E-state index < -0.39 is 0 Å². The zero-order chi connectivity index (χ0) is 17.5. The molecule has 0 aliphatic rings. The molecule has 1 aromatic carbocycles. The third-order valence-corrected chi connectivity index (χ3v) is 4.00. The van der Waals surface area contributed by atoms with Gasteiger partial charge in [-0.1, -0.05) is 12.1 Å². The molecule has 0 saturated carbocycles. The van der Waals surface area contributed by atoms with Crippen molar-refractivity contribution in [2.75, 3.05) is 14.2 Å². The Balaban J connectivity index is 1.87. The van der Waals surface area contributed by atoms with E-state index in [1.807, 2.05) is 42.6 Å². The Hall–Kier alpha value is -2.79. The second-order valence-electron chi connectivity index (χ2n) is 5.73. The van der Waals surface area contributed by atoms with E-state index in [4.69, 9.17) is 13.9 Å². The van der Waals surface area contributed by atoms with E-state index in [9.17, 15) is 0 Å². The highest BCUT2D eigenvalue weighted by molar-refractivity contribution is 5.44. The van der Waals surface area contributed by atoms with Crippen molar-refractivity contribution in [3.63, 3.8) is 0 Å². The van der Waals surface area contributed by atoms with Gasteiger partial charge < -0.3 is 13.9 Å². The molecule has 25 heavy (non-hydrogen) atoms. The Labute approximate surface area is 147 Å². The molecule has 0 aliphatic heterocycles. The molecule has 0 N–H and O–H groups in total. The zero-order valence-corrected chi connectivity index (χ0v) is 14.5. The fourth-order valence-corrected chi connectivity index (χ4v) is 2.85. The predicted molar refractivity (Wildman–Crippen MR) is 95.4 cm³/mol. The van der Waals surface area contributed by atoms with Crippen LogP contribution >= 0.6 is 0 Å². The van der Waals surface area contributed by atoms with Gasteiger partial charge in [0.1, 0.15) is 17.3 Å². The Bertz CT molecular complexity index is 751. The average molecular weight is 338 g/mol. The highest BCUT2D eigenvalue weighted by atomic mass is 16.5. The summed E-state index contributed by atoms with van der Waals surface area (Å²) in [6.45, 7) is 2.10. The maximum atomic E-state index is 5.53. The molecular weight excluding hydrogens is 316 g/mol. The van der Waals surface area contributed by atoms with E-state index in [1.165, 1.54) is 0 Å². The minimum absolute atomic E-state index is 0.669. The number of aromatic nitrogens is 1. The number of furan rings is 1. The van der Waals surface area contributed by atoms with Crippen LogP contribution in [0.4, 0.5) is 0 Å². The Morgan fingerprint density at radius 1 is 0.920 bits per heavy atom. The molecule has 0 fully saturated rings. The van der Waals surface area contributed by atoms with Crippen LogP contribution in [-0.4, -0.2) is 24.1 Å². The molecule has 0 radical (unpaired) electrons. The predicted octanol–water partition coefficient (Wildman–Crippen LogP) is 3.89. The number of methoxy groups -OCH3 is 2. The summed E-state index contributed by atoms with van der Waals surface area (Å²) in [5.41, 5.74) is 2.16. The number of ether oxygens (including phenoxy) is 2. The molecule has 0 unspecified atom stereocenters. The smallest absolute Gasteiger partial charge is 0.127 e.